The number of urea groups is 1. The molecule has 0 saturated heterocycles. The van der Waals surface area contributed by atoms with Crippen LogP contribution in [-0.2, 0) is 6.54 Å². The van der Waals surface area contributed by atoms with E-state index in [0.29, 0.717) is 24.9 Å². The number of rotatable bonds is 8. The summed E-state index contributed by atoms with van der Waals surface area (Å²) in [5.74, 6) is 0.906. The minimum absolute atomic E-state index is 0.0239. The third kappa shape index (κ3) is 6.10. The Bertz CT molecular complexity index is 642. The van der Waals surface area contributed by atoms with Crippen molar-refractivity contribution in [2.45, 2.75) is 39.8 Å². The molecule has 0 fully saturated rings. The molecule has 2 aromatic rings. The van der Waals surface area contributed by atoms with Crippen molar-refractivity contribution in [2.24, 2.45) is 5.92 Å². The monoisotopic (exact) mass is 341 g/mol. The topological polar surface area (TPSA) is 63.2 Å². The Balaban J connectivity index is 1.86. The summed E-state index contributed by atoms with van der Waals surface area (Å²) in [5.41, 5.74) is 2.03. The van der Waals surface area contributed by atoms with Crippen molar-refractivity contribution < 1.29 is 9.53 Å². The second-order valence-electron chi connectivity index (χ2n) is 6.31. The van der Waals surface area contributed by atoms with Gasteiger partial charge >= 0.3 is 6.03 Å². The van der Waals surface area contributed by atoms with Crippen molar-refractivity contribution in [1.82, 2.24) is 15.6 Å². The van der Waals surface area contributed by atoms with Gasteiger partial charge in [0.1, 0.15) is 0 Å². The number of ether oxygens (including phenoxy) is 1. The first-order valence-corrected chi connectivity index (χ1v) is 8.77. The lowest BCUT2D eigenvalue weighted by molar-refractivity contribution is 0.232. The molecule has 0 aliphatic heterocycles. The maximum absolute atomic E-state index is 12.2. The third-order valence-corrected chi connectivity index (χ3v) is 3.82. The summed E-state index contributed by atoms with van der Waals surface area (Å²) < 4.78 is 5.45. The van der Waals surface area contributed by atoms with E-state index in [0.717, 1.165) is 17.5 Å². The standard InChI is InChI=1S/C20H27N3O2/c1-4-12-25-18-11-10-16(13-21-18)14-22-20(24)23-19(15(2)3)17-8-6-5-7-9-17/h5-11,13,15,19H,4,12,14H2,1-3H3,(H2,22,23,24). The van der Waals surface area contributed by atoms with Gasteiger partial charge in [0.15, 0.2) is 0 Å². The highest BCUT2D eigenvalue weighted by molar-refractivity contribution is 5.74. The first-order valence-electron chi connectivity index (χ1n) is 8.77. The van der Waals surface area contributed by atoms with Gasteiger partial charge in [-0.05, 0) is 23.5 Å². The van der Waals surface area contributed by atoms with E-state index in [9.17, 15) is 4.79 Å². The molecule has 134 valence electrons. The summed E-state index contributed by atoms with van der Waals surface area (Å²) in [4.78, 5) is 16.5. The summed E-state index contributed by atoms with van der Waals surface area (Å²) in [5, 5.41) is 5.93. The maximum atomic E-state index is 12.2. The molecular formula is C20H27N3O2. The van der Waals surface area contributed by atoms with Crippen molar-refractivity contribution >= 4 is 6.03 Å². The zero-order valence-electron chi connectivity index (χ0n) is 15.2. The number of carbonyl (C=O) groups is 1. The lowest BCUT2D eigenvalue weighted by Crippen LogP contribution is -2.39. The molecule has 1 aromatic heterocycles. The van der Waals surface area contributed by atoms with Crippen LogP contribution in [0.3, 0.4) is 0 Å². The molecule has 2 amide bonds. The second-order valence-corrected chi connectivity index (χ2v) is 6.31. The van der Waals surface area contributed by atoms with E-state index in [2.05, 4.69) is 36.4 Å². The summed E-state index contributed by atoms with van der Waals surface area (Å²) in [6.07, 6.45) is 2.67. The fourth-order valence-electron chi connectivity index (χ4n) is 2.48. The van der Waals surface area contributed by atoms with Gasteiger partial charge in [-0.2, -0.15) is 0 Å². The van der Waals surface area contributed by atoms with E-state index in [1.165, 1.54) is 0 Å². The van der Waals surface area contributed by atoms with Crippen LogP contribution in [-0.4, -0.2) is 17.6 Å². The minimum atomic E-state index is -0.186. The van der Waals surface area contributed by atoms with Crippen molar-refractivity contribution in [3.63, 3.8) is 0 Å². The fraction of sp³-hybridized carbons (Fsp3) is 0.400. The van der Waals surface area contributed by atoms with Crippen LogP contribution in [0.5, 0.6) is 5.88 Å². The number of hydrogen-bond acceptors (Lipinski definition) is 3. The molecule has 1 aromatic carbocycles. The third-order valence-electron chi connectivity index (χ3n) is 3.82. The lowest BCUT2D eigenvalue weighted by atomic mass is 9.96. The van der Waals surface area contributed by atoms with Gasteiger partial charge in [-0.25, -0.2) is 9.78 Å². The summed E-state index contributed by atoms with van der Waals surface area (Å²) in [6.45, 7) is 7.32. The molecule has 0 spiro atoms. The highest BCUT2D eigenvalue weighted by Crippen LogP contribution is 2.21. The Morgan fingerprint density at radius 2 is 1.92 bits per heavy atom. The molecule has 5 nitrogen and oxygen atoms in total. The van der Waals surface area contributed by atoms with Crippen LogP contribution in [0.4, 0.5) is 4.79 Å². The molecular weight excluding hydrogens is 314 g/mol. The Hall–Kier alpha value is -2.56. The number of amides is 2. The number of aromatic nitrogens is 1. The van der Waals surface area contributed by atoms with Crippen molar-refractivity contribution in [2.75, 3.05) is 6.61 Å². The van der Waals surface area contributed by atoms with E-state index >= 15 is 0 Å². The van der Waals surface area contributed by atoms with Gasteiger partial charge in [0, 0.05) is 18.8 Å². The van der Waals surface area contributed by atoms with Crippen molar-refractivity contribution in [3.05, 3.63) is 59.8 Å². The van der Waals surface area contributed by atoms with Gasteiger partial charge in [0.2, 0.25) is 5.88 Å². The van der Waals surface area contributed by atoms with Crippen molar-refractivity contribution in [3.8, 4) is 5.88 Å². The largest absolute Gasteiger partial charge is 0.478 e. The van der Waals surface area contributed by atoms with Crippen LogP contribution in [0.25, 0.3) is 0 Å². The van der Waals surface area contributed by atoms with Gasteiger partial charge in [0.25, 0.3) is 0 Å². The normalized spacial score (nSPS) is 11.8. The molecule has 0 radical (unpaired) electrons. The van der Waals surface area contributed by atoms with E-state index in [-0.39, 0.29) is 12.1 Å². The summed E-state index contributed by atoms with van der Waals surface area (Å²) in [6, 6.07) is 13.5. The lowest BCUT2D eigenvalue weighted by Gasteiger charge is -2.23. The molecule has 2 rings (SSSR count). The number of benzene rings is 1. The number of pyridine rings is 1. The number of nitrogens with zero attached hydrogens (tertiary/aromatic N) is 1. The molecule has 2 N–H and O–H groups in total. The zero-order chi connectivity index (χ0) is 18.1. The van der Waals surface area contributed by atoms with Gasteiger partial charge in [-0.15, -0.1) is 0 Å². The average molecular weight is 341 g/mol. The number of carbonyl (C=O) groups excluding carboxylic acids is 1. The molecule has 0 saturated carbocycles. The summed E-state index contributed by atoms with van der Waals surface area (Å²) >= 11 is 0. The van der Waals surface area contributed by atoms with Gasteiger partial charge in [-0.1, -0.05) is 57.2 Å². The van der Waals surface area contributed by atoms with E-state index in [4.69, 9.17) is 4.74 Å². The van der Waals surface area contributed by atoms with Crippen LogP contribution < -0.4 is 15.4 Å². The summed E-state index contributed by atoms with van der Waals surface area (Å²) in [7, 11) is 0. The highest BCUT2D eigenvalue weighted by atomic mass is 16.5. The number of nitrogens with one attached hydrogen (secondary N) is 2. The molecule has 0 aliphatic rings. The van der Waals surface area contributed by atoms with Gasteiger partial charge in [-0.3, -0.25) is 0 Å². The highest BCUT2D eigenvalue weighted by Gasteiger charge is 2.17. The molecule has 5 heteroatoms. The Labute approximate surface area is 149 Å². The fourth-order valence-corrected chi connectivity index (χ4v) is 2.48. The van der Waals surface area contributed by atoms with Crippen LogP contribution >= 0.6 is 0 Å². The zero-order valence-corrected chi connectivity index (χ0v) is 15.2. The smallest absolute Gasteiger partial charge is 0.315 e. The van der Waals surface area contributed by atoms with Gasteiger partial charge in [0.05, 0.1) is 12.6 Å². The van der Waals surface area contributed by atoms with E-state index < -0.39 is 0 Å². The predicted molar refractivity (Wildman–Crippen MR) is 99.4 cm³/mol. The first kappa shape index (κ1) is 18.8. The maximum Gasteiger partial charge on any atom is 0.315 e. The molecule has 25 heavy (non-hydrogen) atoms. The quantitative estimate of drug-likeness (QED) is 0.761. The Kier molecular flexibility index (Phi) is 7.26. The predicted octanol–water partition coefficient (Wildman–Crippen LogP) is 4.07. The molecule has 1 atom stereocenters. The van der Waals surface area contributed by atoms with Crippen LogP contribution in [0.15, 0.2) is 48.7 Å². The molecule has 0 bridgehead atoms. The van der Waals surface area contributed by atoms with E-state index in [1.54, 1.807) is 6.20 Å². The minimum Gasteiger partial charge on any atom is -0.478 e. The number of hydrogen-bond donors (Lipinski definition) is 2. The molecule has 0 aliphatic carbocycles. The Morgan fingerprint density at radius 1 is 1.16 bits per heavy atom. The Morgan fingerprint density at radius 3 is 2.52 bits per heavy atom. The average Bonchev–Trinajstić information content (AvgIpc) is 2.64. The van der Waals surface area contributed by atoms with Crippen LogP contribution in [0.1, 0.15) is 44.4 Å². The first-order chi connectivity index (χ1) is 12.1. The van der Waals surface area contributed by atoms with Crippen LogP contribution in [0, 0.1) is 5.92 Å². The van der Waals surface area contributed by atoms with Gasteiger partial charge < -0.3 is 15.4 Å². The molecule has 1 unspecified atom stereocenters. The molecule has 1 heterocycles. The SMILES string of the molecule is CCCOc1ccc(CNC(=O)NC(c2ccccc2)C(C)C)cn1. The van der Waals surface area contributed by atoms with E-state index in [1.807, 2.05) is 42.5 Å². The second kappa shape index (κ2) is 9.67. The van der Waals surface area contributed by atoms with Crippen LogP contribution in [0.2, 0.25) is 0 Å². The van der Waals surface area contributed by atoms with Crippen molar-refractivity contribution in [1.29, 1.82) is 0 Å².